The van der Waals surface area contributed by atoms with Crippen LogP contribution in [0.25, 0.3) is 0 Å². The van der Waals surface area contributed by atoms with Gasteiger partial charge in [0.05, 0.1) is 6.42 Å². The van der Waals surface area contributed by atoms with Gasteiger partial charge in [-0.15, -0.1) is 0 Å². The number of carboxylic acids is 1. The van der Waals surface area contributed by atoms with E-state index in [0.717, 1.165) is 5.69 Å². The van der Waals surface area contributed by atoms with Crippen LogP contribution in [0.3, 0.4) is 0 Å². The molecular weight excluding hydrogens is 220 g/mol. The number of hydrogen-bond donors (Lipinski definition) is 1. The summed E-state index contributed by atoms with van der Waals surface area (Å²) in [5.41, 5.74) is 0.725. The third-order valence-corrected chi connectivity index (χ3v) is 2.37. The molecule has 0 saturated heterocycles. The van der Waals surface area contributed by atoms with Crippen LogP contribution in [0.15, 0.2) is 24.4 Å². The zero-order chi connectivity index (χ0) is 12.7. The summed E-state index contributed by atoms with van der Waals surface area (Å²) in [5.74, 6) is -0.885. The first kappa shape index (κ1) is 13.2. The molecular formula is C12H16N2O3. The van der Waals surface area contributed by atoms with Crippen molar-refractivity contribution in [2.24, 2.45) is 0 Å². The Kier molecular flexibility index (Phi) is 5.13. The van der Waals surface area contributed by atoms with Crippen molar-refractivity contribution in [2.75, 3.05) is 13.6 Å². The zero-order valence-corrected chi connectivity index (χ0v) is 9.80. The van der Waals surface area contributed by atoms with Gasteiger partial charge < -0.3 is 10.0 Å². The monoisotopic (exact) mass is 236 g/mol. The minimum atomic E-state index is -0.837. The molecule has 0 radical (unpaired) electrons. The Hall–Kier alpha value is -1.91. The van der Waals surface area contributed by atoms with Gasteiger partial charge in [0.15, 0.2) is 0 Å². The molecule has 1 aromatic heterocycles. The Balaban J connectivity index is 2.34. The maximum atomic E-state index is 11.7. The van der Waals surface area contributed by atoms with Gasteiger partial charge in [0.2, 0.25) is 5.91 Å². The molecule has 0 unspecified atom stereocenters. The molecule has 1 rings (SSSR count). The first-order valence-corrected chi connectivity index (χ1v) is 5.45. The molecule has 0 fully saturated rings. The summed E-state index contributed by atoms with van der Waals surface area (Å²) in [7, 11) is 1.67. The average molecular weight is 236 g/mol. The second kappa shape index (κ2) is 6.62. The van der Waals surface area contributed by atoms with E-state index in [1.165, 1.54) is 4.90 Å². The van der Waals surface area contributed by atoms with Crippen LogP contribution in [-0.4, -0.2) is 40.5 Å². The van der Waals surface area contributed by atoms with Crippen LogP contribution in [0, 0.1) is 0 Å². The smallest absolute Gasteiger partial charge is 0.303 e. The van der Waals surface area contributed by atoms with Gasteiger partial charge >= 0.3 is 5.97 Å². The Morgan fingerprint density at radius 3 is 2.76 bits per heavy atom. The number of nitrogens with zero attached hydrogens (tertiary/aromatic N) is 2. The number of hydrogen-bond acceptors (Lipinski definition) is 3. The molecule has 0 aliphatic heterocycles. The first-order valence-electron chi connectivity index (χ1n) is 5.45. The summed E-state index contributed by atoms with van der Waals surface area (Å²) >= 11 is 0. The number of aliphatic carboxylic acids is 1. The molecule has 92 valence electrons. The van der Waals surface area contributed by atoms with Crippen LogP contribution in [0.1, 0.15) is 18.5 Å². The highest BCUT2D eigenvalue weighted by Crippen LogP contribution is 2.00. The molecule has 1 heterocycles. The Bertz CT molecular complexity index is 379. The minimum absolute atomic E-state index is 0.0471. The van der Waals surface area contributed by atoms with E-state index in [2.05, 4.69) is 4.98 Å². The largest absolute Gasteiger partial charge is 0.481 e. The van der Waals surface area contributed by atoms with E-state index >= 15 is 0 Å². The summed E-state index contributed by atoms with van der Waals surface area (Å²) < 4.78 is 0. The SMILES string of the molecule is CN(CCCC(=O)O)C(=O)Cc1ccccn1. The molecule has 0 aliphatic rings. The summed E-state index contributed by atoms with van der Waals surface area (Å²) in [6.07, 6.45) is 2.46. The van der Waals surface area contributed by atoms with Crippen molar-refractivity contribution in [1.82, 2.24) is 9.88 Å². The summed E-state index contributed by atoms with van der Waals surface area (Å²) in [4.78, 5) is 27.7. The van der Waals surface area contributed by atoms with Crippen molar-refractivity contribution < 1.29 is 14.7 Å². The third kappa shape index (κ3) is 5.10. The summed E-state index contributed by atoms with van der Waals surface area (Å²) in [6.45, 7) is 0.456. The molecule has 5 nitrogen and oxygen atoms in total. The minimum Gasteiger partial charge on any atom is -0.481 e. The van der Waals surface area contributed by atoms with Gasteiger partial charge in [-0.05, 0) is 18.6 Å². The van der Waals surface area contributed by atoms with Crippen LogP contribution in [0.2, 0.25) is 0 Å². The number of likely N-dealkylation sites (N-methyl/N-ethyl adjacent to an activating group) is 1. The molecule has 1 amide bonds. The number of aromatic nitrogens is 1. The average Bonchev–Trinajstić information content (AvgIpc) is 2.29. The van der Waals surface area contributed by atoms with Crippen LogP contribution in [-0.2, 0) is 16.0 Å². The lowest BCUT2D eigenvalue weighted by molar-refractivity contribution is -0.138. The normalized spacial score (nSPS) is 9.94. The Morgan fingerprint density at radius 2 is 2.18 bits per heavy atom. The van der Waals surface area contributed by atoms with Crippen LogP contribution < -0.4 is 0 Å². The van der Waals surface area contributed by atoms with Gasteiger partial charge in [0.25, 0.3) is 0 Å². The number of carbonyl (C=O) groups excluding carboxylic acids is 1. The summed E-state index contributed by atoms with van der Waals surface area (Å²) in [5, 5.41) is 8.49. The van der Waals surface area contributed by atoms with Crippen molar-refractivity contribution in [3.8, 4) is 0 Å². The Labute approximate surface area is 100 Å². The van der Waals surface area contributed by atoms with E-state index in [0.29, 0.717) is 13.0 Å². The second-order valence-corrected chi connectivity index (χ2v) is 3.81. The standard InChI is InChI=1S/C12H16N2O3/c1-14(8-4-6-12(16)17)11(15)9-10-5-2-3-7-13-10/h2-3,5,7H,4,6,8-9H2,1H3,(H,16,17). The fraction of sp³-hybridized carbons (Fsp3) is 0.417. The van der Waals surface area contributed by atoms with Gasteiger partial charge in [-0.3, -0.25) is 14.6 Å². The van der Waals surface area contributed by atoms with E-state index in [4.69, 9.17) is 5.11 Å². The molecule has 1 N–H and O–H groups in total. The molecule has 0 atom stereocenters. The lowest BCUT2D eigenvalue weighted by atomic mass is 10.2. The number of pyridine rings is 1. The number of amides is 1. The first-order chi connectivity index (χ1) is 8.09. The molecule has 0 bridgehead atoms. The van der Waals surface area contributed by atoms with E-state index in [1.54, 1.807) is 25.4 Å². The van der Waals surface area contributed by atoms with Crippen molar-refractivity contribution in [3.63, 3.8) is 0 Å². The predicted molar refractivity (Wildman–Crippen MR) is 62.4 cm³/mol. The molecule has 17 heavy (non-hydrogen) atoms. The van der Waals surface area contributed by atoms with Gasteiger partial charge in [-0.1, -0.05) is 6.07 Å². The molecule has 0 saturated carbocycles. The third-order valence-electron chi connectivity index (χ3n) is 2.37. The highest BCUT2D eigenvalue weighted by Gasteiger charge is 2.10. The maximum absolute atomic E-state index is 11.7. The van der Waals surface area contributed by atoms with Gasteiger partial charge in [0, 0.05) is 31.9 Å². The predicted octanol–water partition coefficient (Wildman–Crippen LogP) is 0.947. The van der Waals surface area contributed by atoms with Crippen LogP contribution in [0.4, 0.5) is 0 Å². The van der Waals surface area contributed by atoms with E-state index in [1.807, 2.05) is 6.07 Å². The molecule has 0 aromatic carbocycles. The van der Waals surface area contributed by atoms with Crippen molar-refractivity contribution in [2.45, 2.75) is 19.3 Å². The quantitative estimate of drug-likeness (QED) is 0.798. The Morgan fingerprint density at radius 1 is 1.41 bits per heavy atom. The van der Waals surface area contributed by atoms with Gasteiger partial charge in [-0.2, -0.15) is 0 Å². The molecule has 1 aromatic rings. The zero-order valence-electron chi connectivity index (χ0n) is 9.80. The van der Waals surface area contributed by atoms with E-state index < -0.39 is 5.97 Å². The number of carbonyl (C=O) groups is 2. The second-order valence-electron chi connectivity index (χ2n) is 3.81. The number of rotatable bonds is 6. The summed E-state index contributed by atoms with van der Waals surface area (Å²) in [6, 6.07) is 5.42. The van der Waals surface area contributed by atoms with E-state index in [-0.39, 0.29) is 18.7 Å². The maximum Gasteiger partial charge on any atom is 0.303 e. The van der Waals surface area contributed by atoms with E-state index in [9.17, 15) is 9.59 Å². The van der Waals surface area contributed by atoms with Crippen molar-refractivity contribution in [3.05, 3.63) is 30.1 Å². The highest BCUT2D eigenvalue weighted by molar-refractivity contribution is 5.78. The fourth-order valence-corrected chi connectivity index (χ4v) is 1.38. The lowest BCUT2D eigenvalue weighted by Crippen LogP contribution is -2.29. The molecule has 5 heteroatoms. The van der Waals surface area contributed by atoms with Gasteiger partial charge in [-0.25, -0.2) is 0 Å². The molecule has 0 spiro atoms. The van der Waals surface area contributed by atoms with Crippen LogP contribution >= 0.6 is 0 Å². The fourth-order valence-electron chi connectivity index (χ4n) is 1.38. The van der Waals surface area contributed by atoms with Crippen molar-refractivity contribution in [1.29, 1.82) is 0 Å². The van der Waals surface area contributed by atoms with Gasteiger partial charge in [0.1, 0.15) is 0 Å². The number of carboxylic acid groups (broad SMARTS) is 1. The van der Waals surface area contributed by atoms with Crippen molar-refractivity contribution >= 4 is 11.9 Å². The molecule has 0 aliphatic carbocycles. The van der Waals surface area contributed by atoms with Crippen LogP contribution in [0.5, 0.6) is 0 Å². The topological polar surface area (TPSA) is 70.5 Å². The lowest BCUT2D eigenvalue weighted by Gasteiger charge is -2.16. The highest BCUT2D eigenvalue weighted by atomic mass is 16.4.